The van der Waals surface area contributed by atoms with Crippen molar-refractivity contribution >= 4 is 51.2 Å². The molecule has 1 atom stereocenters. The highest BCUT2D eigenvalue weighted by molar-refractivity contribution is 6.33. The lowest BCUT2D eigenvalue weighted by Crippen LogP contribution is -2.54. The Morgan fingerprint density at radius 3 is 2.43 bits per heavy atom. The molecule has 5 heterocycles. The lowest BCUT2D eigenvalue weighted by Gasteiger charge is -2.41. The van der Waals surface area contributed by atoms with Crippen LogP contribution in [0, 0.1) is 0 Å². The summed E-state index contributed by atoms with van der Waals surface area (Å²) in [6.45, 7) is 8.08. The second-order valence-corrected chi connectivity index (χ2v) is 13.9. The molecule has 0 spiro atoms. The number of nitrogens with one attached hydrogen (secondary N) is 2. The average molecular weight is 689 g/mol. The number of aromatic nitrogens is 3. The van der Waals surface area contributed by atoms with Crippen LogP contribution in [-0.2, 0) is 22.4 Å². The maximum absolute atomic E-state index is 14.1. The molecule has 4 aromatic rings. The van der Waals surface area contributed by atoms with E-state index in [2.05, 4.69) is 20.2 Å². The van der Waals surface area contributed by atoms with Crippen LogP contribution in [0.15, 0.2) is 47.4 Å². The fourth-order valence-corrected chi connectivity index (χ4v) is 8.09. The van der Waals surface area contributed by atoms with Crippen LogP contribution in [0.5, 0.6) is 0 Å². The number of nitrogens with two attached hydrogens (primary N) is 1. The van der Waals surface area contributed by atoms with Crippen molar-refractivity contribution in [3.63, 3.8) is 0 Å². The van der Waals surface area contributed by atoms with E-state index in [1.54, 1.807) is 21.7 Å². The van der Waals surface area contributed by atoms with Crippen molar-refractivity contribution in [3.05, 3.63) is 69.2 Å². The zero-order chi connectivity index (χ0) is 34.1. The van der Waals surface area contributed by atoms with Crippen molar-refractivity contribution in [2.75, 3.05) is 58.1 Å². The summed E-state index contributed by atoms with van der Waals surface area (Å²) in [7, 11) is 0. The molecule has 2 aromatic carbocycles. The molecule has 3 fully saturated rings. The molecule has 260 valence electrons. The highest BCUT2D eigenvalue weighted by Gasteiger charge is 2.35. The fraction of sp³-hybridized carbons (Fsp3) is 0.500. The third-order valence-corrected chi connectivity index (χ3v) is 10.9. The fourth-order valence-electron chi connectivity index (χ4n) is 7.83. The second-order valence-electron chi connectivity index (χ2n) is 13.5. The highest BCUT2D eigenvalue weighted by Crippen LogP contribution is 2.30. The molecular weight excluding hydrogens is 644 g/mol. The van der Waals surface area contributed by atoms with E-state index in [1.807, 2.05) is 42.2 Å². The molecule has 2 aromatic heterocycles. The highest BCUT2D eigenvalue weighted by atomic mass is 35.5. The van der Waals surface area contributed by atoms with Gasteiger partial charge in [0.25, 0.3) is 5.91 Å². The van der Waals surface area contributed by atoms with E-state index in [4.69, 9.17) is 22.1 Å². The number of fused-ring (bicyclic) bond motifs is 3. The van der Waals surface area contributed by atoms with Crippen LogP contribution in [0.3, 0.4) is 0 Å². The summed E-state index contributed by atoms with van der Waals surface area (Å²) in [5.41, 5.74) is 10.6. The lowest BCUT2D eigenvalue weighted by molar-refractivity contribution is -0.142. The largest absolute Gasteiger partial charge is 0.436 e. The molecule has 3 aliphatic heterocycles. The number of benzene rings is 2. The number of likely N-dealkylation sites (tertiary alicyclic amines) is 2. The summed E-state index contributed by atoms with van der Waals surface area (Å²) < 4.78 is 7.85. The standard InChI is InChI=1S/C36H45ClN8O4/c1-2-24-19-23(20-28(37)32(24)38)21-31(34(46)43-13-7-25(8-14-43)42-17-11-39-12-18-42)49-36(48)44-15-9-26(10-16-44)45-30-22-40-29-6-4-3-5-27(29)33(30)41-35(45)47/h3-6,19-20,22,25-26,31,39H,2,7-18,21,38H2,1H3,(H,41,47)/t31-/m1/s1. The number of nitrogen functional groups attached to an aromatic ring is 1. The van der Waals surface area contributed by atoms with Gasteiger partial charge in [-0.3, -0.25) is 19.2 Å². The Morgan fingerprint density at radius 1 is 1.00 bits per heavy atom. The van der Waals surface area contributed by atoms with E-state index in [1.165, 1.54) is 0 Å². The number of halogens is 1. The number of carbonyl (C=O) groups is 2. The van der Waals surface area contributed by atoms with E-state index < -0.39 is 12.2 Å². The van der Waals surface area contributed by atoms with Gasteiger partial charge >= 0.3 is 11.8 Å². The van der Waals surface area contributed by atoms with Crippen LogP contribution in [0.1, 0.15) is 49.8 Å². The average Bonchev–Trinajstić information content (AvgIpc) is 3.49. The molecule has 2 amide bonds. The van der Waals surface area contributed by atoms with Crippen LogP contribution in [-0.4, -0.2) is 106 Å². The van der Waals surface area contributed by atoms with Crippen LogP contribution in [0.2, 0.25) is 5.02 Å². The Bertz CT molecular complexity index is 1890. The summed E-state index contributed by atoms with van der Waals surface area (Å²) in [6.07, 6.45) is 4.05. The van der Waals surface area contributed by atoms with Gasteiger partial charge in [0.05, 0.1) is 33.5 Å². The Hall–Kier alpha value is -4.13. The lowest BCUT2D eigenvalue weighted by atomic mass is 9.99. The first kappa shape index (κ1) is 33.4. The maximum atomic E-state index is 14.1. The molecule has 49 heavy (non-hydrogen) atoms. The minimum atomic E-state index is -0.999. The Morgan fingerprint density at radius 2 is 1.69 bits per heavy atom. The van der Waals surface area contributed by atoms with Gasteiger partial charge in [0, 0.05) is 76.2 Å². The number of piperazine rings is 1. The van der Waals surface area contributed by atoms with Gasteiger partial charge in [0.2, 0.25) is 0 Å². The molecule has 13 heteroatoms. The molecule has 0 aliphatic carbocycles. The molecule has 3 saturated heterocycles. The molecule has 12 nitrogen and oxygen atoms in total. The zero-order valence-corrected chi connectivity index (χ0v) is 28.8. The third kappa shape index (κ3) is 6.86. The number of piperidine rings is 2. The Kier molecular flexibility index (Phi) is 9.80. The number of hydrogen-bond acceptors (Lipinski definition) is 8. The maximum Gasteiger partial charge on any atom is 0.410 e. The van der Waals surface area contributed by atoms with E-state index in [9.17, 15) is 14.4 Å². The van der Waals surface area contributed by atoms with Gasteiger partial charge < -0.3 is 30.6 Å². The van der Waals surface area contributed by atoms with Crippen molar-refractivity contribution < 1.29 is 14.3 Å². The van der Waals surface area contributed by atoms with Crippen LogP contribution in [0.25, 0.3) is 21.9 Å². The summed E-state index contributed by atoms with van der Waals surface area (Å²) in [5, 5.41) is 4.74. The number of para-hydroxylation sites is 1. The summed E-state index contributed by atoms with van der Waals surface area (Å²) >= 11 is 6.48. The number of imidazole rings is 1. The number of nitrogens with zero attached hydrogens (tertiary/aromatic N) is 5. The van der Waals surface area contributed by atoms with Gasteiger partial charge in [-0.15, -0.1) is 0 Å². The normalized spacial score (nSPS) is 19.1. The smallest absolute Gasteiger partial charge is 0.410 e. The van der Waals surface area contributed by atoms with Gasteiger partial charge in [-0.25, -0.2) is 9.59 Å². The molecule has 4 N–H and O–H groups in total. The number of H-pyrrole nitrogens is 1. The van der Waals surface area contributed by atoms with E-state index in [0.29, 0.717) is 62.2 Å². The quantitative estimate of drug-likeness (QED) is 0.248. The zero-order valence-electron chi connectivity index (χ0n) is 28.0. The predicted octanol–water partition coefficient (Wildman–Crippen LogP) is 3.96. The SMILES string of the molecule is CCc1cc(C[C@@H](OC(=O)N2CCC(n3c(=O)[nH]c4c5ccccc5ncc43)CC2)C(=O)N2CCC(N3CCNCC3)CC2)cc(Cl)c1N. The molecule has 0 unspecified atom stereocenters. The summed E-state index contributed by atoms with van der Waals surface area (Å²) in [5.74, 6) is -0.182. The van der Waals surface area contributed by atoms with Crippen molar-refractivity contribution in [3.8, 4) is 0 Å². The molecule has 3 aliphatic rings. The number of rotatable bonds is 7. The number of anilines is 1. The minimum absolute atomic E-state index is 0.105. The van der Waals surface area contributed by atoms with Gasteiger partial charge in [0.1, 0.15) is 0 Å². The summed E-state index contributed by atoms with van der Waals surface area (Å²) in [6, 6.07) is 11.8. The molecule has 0 bridgehead atoms. The molecule has 7 rings (SSSR count). The Balaban J connectivity index is 1.05. The molecule has 0 radical (unpaired) electrons. The van der Waals surface area contributed by atoms with Crippen LogP contribution < -0.4 is 16.7 Å². The Labute approximate surface area is 290 Å². The first-order valence-electron chi connectivity index (χ1n) is 17.5. The van der Waals surface area contributed by atoms with E-state index >= 15 is 0 Å². The van der Waals surface area contributed by atoms with Crippen molar-refractivity contribution in [2.45, 2.75) is 63.6 Å². The van der Waals surface area contributed by atoms with Crippen LogP contribution >= 0.6 is 11.6 Å². The van der Waals surface area contributed by atoms with Gasteiger partial charge in [-0.1, -0.05) is 42.8 Å². The second kappa shape index (κ2) is 14.4. The predicted molar refractivity (Wildman–Crippen MR) is 191 cm³/mol. The monoisotopic (exact) mass is 688 g/mol. The number of amides is 2. The van der Waals surface area contributed by atoms with E-state index in [0.717, 1.165) is 72.1 Å². The molecule has 0 saturated carbocycles. The van der Waals surface area contributed by atoms with Crippen molar-refractivity contribution in [2.24, 2.45) is 0 Å². The number of carbonyl (C=O) groups excluding carboxylic acids is 2. The number of aromatic amines is 1. The number of pyridine rings is 1. The van der Waals surface area contributed by atoms with Gasteiger partial charge in [-0.2, -0.15) is 0 Å². The number of aryl methyl sites for hydroxylation is 1. The first-order chi connectivity index (χ1) is 23.8. The van der Waals surface area contributed by atoms with E-state index in [-0.39, 0.29) is 24.1 Å². The van der Waals surface area contributed by atoms with Crippen LogP contribution in [0.4, 0.5) is 10.5 Å². The minimum Gasteiger partial charge on any atom is -0.436 e. The number of hydrogen-bond donors (Lipinski definition) is 3. The van der Waals surface area contributed by atoms with Crippen molar-refractivity contribution in [1.82, 2.24) is 34.6 Å². The summed E-state index contributed by atoms with van der Waals surface area (Å²) in [4.78, 5) is 54.5. The molecular formula is C36H45ClN8O4. The van der Waals surface area contributed by atoms with Gasteiger partial charge in [-0.05, 0) is 55.4 Å². The first-order valence-corrected chi connectivity index (χ1v) is 17.9. The number of ether oxygens (including phenoxy) is 1. The topological polar surface area (TPSA) is 142 Å². The van der Waals surface area contributed by atoms with Crippen molar-refractivity contribution in [1.29, 1.82) is 0 Å². The third-order valence-electron chi connectivity index (χ3n) is 10.6. The van der Waals surface area contributed by atoms with Gasteiger partial charge in [0.15, 0.2) is 6.10 Å².